The van der Waals surface area contributed by atoms with E-state index in [1.54, 1.807) is 20.0 Å². The normalized spacial score (nSPS) is 10.5. The Morgan fingerprint density at radius 3 is 2.10 bits per heavy atom. The number of carbonyl (C=O) groups is 1. The van der Waals surface area contributed by atoms with E-state index < -0.39 is 18.0 Å². The number of carboxylic acids is 1. The monoisotopic (exact) mass is 412 g/mol. The van der Waals surface area contributed by atoms with Crippen LogP contribution >= 0.6 is 0 Å². The first-order chi connectivity index (χ1) is 13.4. The minimum absolute atomic E-state index is 0.252. The molecule has 0 atom stereocenters. The number of fused-ring (bicyclic) bond motifs is 1. The van der Waals surface area contributed by atoms with Crippen molar-refractivity contribution in [3.8, 4) is 0 Å². The highest BCUT2D eigenvalue weighted by Crippen LogP contribution is 2.30. The van der Waals surface area contributed by atoms with Gasteiger partial charge in [0, 0.05) is 32.4 Å². The van der Waals surface area contributed by atoms with Crippen molar-refractivity contribution in [2.45, 2.75) is 26.9 Å². The molecule has 4 N–H and O–H groups in total. The molecule has 11 heteroatoms. The second-order valence-electron chi connectivity index (χ2n) is 5.95. The second kappa shape index (κ2) is 9.71. The van der Waals surface area contributed by atoms with Crippen molar-refractivity contribution in [2.24, 2.45) is 7.05 Å². The summed E-state index contributed by atoms with van der Waals surface area (Å²) >= 11 is 0. The molecule has 0 saturated carbocycles. The van der Waals surface area contributed by atoms with Crippen LogP contribution in [0.4, 0.5) is 24.7 Å². The fraction of sp³-hybridized carbons (Fsp3) is 0.333. The van der Waals surface area contributed by atoms with Gasteiger partial charge in [0.2, 0.25) is 5.82 Å². The first-order valence-electron chi connectivity index (χ1n) is 8.34. The van der Waals surface area contributed by atoms with Crippen molar-refractivity contribution in [3.63, 3.8) is 0 Å². The molecule has 0 unspecified atom stereocenters. The number of halogens is 3. The maximum atomic E-state index is 12.5. The number of rotatable bonds is 1. The van der Waals surface area contributed by atoms with E-state index >= 15 is 0 Å². The molecule has 0 amide bonds. The molecule has 3 rings (SSSR count). The largest absolute Gasteiger partial charge is 0.481 e. The molecule has 29 heavy (non-hydrogen) atoms. The third-order valence-electron chi connectivity index (χ3n) is 3.41. The van der Waals surface area contributed by atoms with E-state index in [0.717, 1.165) is 23.0 Å². The van der Waals surface area contributed by atoms with E-state index in [1.165, 1.54) is 13.1 Å². The van der Waals surface area contributed by atoms with Crippen LogP contribution < -0.4 is 11.1 Å². The number of alkyl halides is 3. The molecule has 0 saturated heterocycles. The highest BCUT2D eigenvalue weighted by Gasteiger charge is 2.36. The van der Waals surface area contributed by atoms with Crippen LogP contribution in [0, 0.1) is 13.8 Å². The summed E-state index contributed by atoms with van der Waals surface area (Å²) in [5.41, 5.74) is 8.41. The minimum atomic E-state index is -4.44. The fourth-order valence-corrected chi connectivity index (χ4v) is 2.18. The predicted molar refractivity (Wildman–Crippen MR) is 104 cm³/mol. The van der Waals surface area contributed by atoms with Gasteiger partial charge in [-0.1, -0.05) is 0 Å². The average Bonchev–Trinajstić information content (AvgIpc) is 2.94. The summed E-state index contributed by atoms with van der Waals surface area (Å²) in [6.45, 7) is 4.74. The molecule has 3 heterocycles. The van der Waals surface area contributed by atoms with Gasteiger partial charge < -0.3 is 20.7 Å². The number of aliphatic carboxylic acids is 1. The number of aryl methyl sites for hydroxylation is 3. The lowest BCUT2D eigenvalue weighted by Gasteiger charge is -2.04. The summed E-state index contributed by atoms with van der Waals surface area (Å²) in [6.07, 6.45) is -4.44. The Morgan fingerprint density at radius 1 is 1.10 bits per heavy atom. The van der Waals surface area contributed by atoms with Gasteiger partial charge in [0.15, 0.2) is 5.65 Å². The lowest BCUT2D eigenvalue weighted by molar-refractivity contribution is -0.146. The number of pyridine rings is 2. The molecule has 0 radical (unpaired) electrons. The van der Waals surface area contributed by atoms with Crippen molar-refractivity contribution < 1.29 is 23.1 Å². The van der Waals surface area contributed by atoms with Crippen molar-refractivity contribution in [1.82, 2.24) is 19.5 Å². The number of imidazole rings is 1. The van der Waals surface area contributed by atoms with Gasteiger partial charge in [-0.15, -0.1) is 0 Å². The van der Waals surface area contributed by atoms with E-state index in [9.17, 15) is 13.2 Å². The molecule has 0 aliphatic rings. The number of nitrogens with one attached hydrogen (secondary N) is 1. The summed E-state index contributed by atoms with van der Waals surface area (Å²) in [7, 11) is 3.11. The number of nitrogens with zero attached hydrogens (tertiary/aromatic N) is 4. The molecule has 0 spiro atoms. The molecule has 3 aromatic rings. The van der Waals surface area contributed by atoms with Gasteiger partial charge in [-0.05, 0) is 38.1 Å². The molecular formula is C18H23F3N6O2. The van der Waals surface area contributed by atoms with Crippen LogP contribution in [0.25, 0.3) is 11.2 Å². The smallest absolute Gasteiger partial charge is 0.449 e. The Labute approximate surface area is 165 Å². The fourth-order valence-electron chi connectivity index (χ4n) is 2.18. The zero-order chi connectivity index (χ0) is 22.4. The number of nitrogens with two attached hydrogens (primary N) is 1. The van der Waals surface area contributed by atoms with Gasteiger partial charge in [-0.2, -0.15) is 13.2 Å². The second-order valence-corrected chi connectivity index (χ2v) is 5.95. The van der Waals surface area contributed by atoms with Crippen molar-refractivity contribution in [3.05, 3.63) is 41.5 Å². The molecule has 8 nitrogen and oxygen atoms in total. The molecular weight excluding hydrogens is 389 g/mol. The van der Waals surface area contributed by atoms with Crippen LogP contribution in [0.2, 0.25) is 0 Å². The topological polar surface area (TPSA) is 119 Å². The summed E-state index contributed by atoms with van der Waals surface area (Å²) in [6, 6.07) is 6.90. The average molecular weight is 412 g/mol. The van der Waals surface area contributed by atoms with Crippen LogP contribution in [0.15, 0.2) is 24.3 Å². The molecule has 158 valence electrons. The van der Waals surface area contributed by atoms with E-state index in [4.69, 9.17) is 15.6 Å². The van der Waals surface area contributed by atoms with E-state index in [-0.39, 0.29) is 11.2 Å². The van der Waals surface area contributed by atoms with Crippen molar-refractivity contribution in [2.75, 3.05) is 18.1 Å². The number of nitrogen functional groups attached to an aromatic ring is 1. The predicted octanol–water partition coefficient (Wildman–Crippen LogP) is 3.40. The lowest BCUT2D eigenvalue weighted by Crippen LogP contribution is -2.12. The lowest BCUT2D eigenvalue weighted by atomic mass is 10.3. The number of anilines is 2. The Kier molecular flexibility index (Phi) is 7.93. The SMILES string of the molecule is CC(=O)O.CNc1nc(C)ccc1N.Cc1ccc2nc(C(F)(F)F)n(C)c2n1. The third kappa shape index (κ3) is 6.94. The van der Waals surface area contributed by atoms with Gasteiger partial charge in [-0.3, -0.25) is 4.79 Å². The van der Waals surface area contributed by atoms with Gasteiger partial charge in [0.25, 0.3) is 5.97 Å². The van der Waals surface area contributed by atoms with Gasteiger partial charge >= 0.3 is 6.18 Å². The van der Waals surface area contributed by atoms with Crippen LogP contribution in [0.1, 0.15) is 24.1 Å². The highest BCUT2D eigenvalue weighted by molar-refractivity contribution is 5.71. The molecule has 3 aromatic heterocycles. The summed E-state index contributed by atoms with van der Waals surface area (Å²) < 4.78 is 38.4. The van der Waals surface area contributed by atoms with Gasteiger partial charge in [0.05, 0.1) is 5.69 Å². The maximum absolute atomic E-state index is 12.5. The Morgan fingerprint density at radius 2 is 1.62 bits per heavy atom. The van der Waals surface area contributed by atoms with E-state index in [1.807, 2.05) is 19.1 Å². The van der Waals surface area contributed by atoms with Crippen LogP contribution in [-0.4, -0.2) is 37.6 Å². The number of hydrogen-bond acceptors (Lipinski definition) is 6. The highest BCUT2D eigenvalue weighted by atomic mass is 19.4. The third-order valence-corrected chi connectivity index (χ3v) is 3.41. The number of aromatic nitrogens is 4. The molecule has 0 fully saturated rings. The number of hydrogen-bond donors (Lipinski definition) is 3. The first-order valence-corrected chi connectivity index (χ1v) is 8.34. The zero-order valence-corrected chi connectivity index (χ0v) is 16.7. The van der Waals surface area contributed by atoms with Gasteiger partial charge in [-0.25, -0.2) is 15.0 Å². The van der Waals surface area contributed by atoms with Gasteiger partial charge in [0.1, 0.15) is 11.3 Å². The summed E-state index contributed by atoms with van der Waals surface area (Å²) in [5.74, 6) is -1.00. The maximum Gasteiger partial charge on any atom is 0.449 e. The Bertz CT molecular complexity index is 982. The quantitative estimate of drug-likeness (QED) is 0.560. The first kappa shape index (κ1) is 23.7. The van der Waals surface area contributed by atoms with Crippen molar-refractivity contribution >= 4 is 28.6 Å². The molecule has 0 aromatic carbocycles. The van der Waals surface area contributed by atoms with Crippen molar-refractivity contribution in [1.29, 1.82) is 0 Å². The van der Waals surface area contributed by atoms with E-state index in [0.29, 0.717) is 11.4 Å². The minimum Gasteiger partial charge on any atom is -0.481 e. The van der Waals surface area contributed by atoms with E-state index in [2.05, 4.69) is 20.3 Å². The molecule has 0 aliphatic heterocycles. The molecule has 0 bridgehead atoms. The Hall–Kier alpha value is -3.37. The summed E-state index contributed by atoms with van der Waals surface area (Å²) in [4.78, 5) is 20.7. The van der Waals surface area contributed by atoms with Crippen LogP contribution in [-0.2, 0) is 18.0 Å². The zero-order valence-electron chi connectivity index (χ0n) is 16.7. The summed E-state index contributed by atoms with van der Waals surface area (Å²) in [5, 5.41) is 10.3. The van der Waals surface area contributed by atoms with Crippen LogP contribution in [0.5, 0.6) is 0 Å². The number of carboxylic acid groups (broad SMARTS) is 1. The standard InChI is InChI=1S/C9H8F3N3.C7H11N3.C2H4O2/c1-5-3-4-6-7(13-5)15(2)8(14-6)9(10,11)12;1-5-3-4-6(8)7(9-2)10-5;1-2(3)4/h3-4H,1-2H3;3-4H,8H2,1-2H3,(H,9,10);1H3,(H,3,4). The van der Waals surface area contributed by atoms with Crippen LogP contribution in [0.3, 0.4) is 0 Å². The molecule has 0 aliphatic carbocycles. The Balaban J connectivity index is 0.000000259.